The van der Waals surface area contributed by atoms with Gasteiger partial charge in [-0.15, -0.1) is 0 Å². The number of rotatable bonds is 13. The van der Waals surface area contributed by atoms with Crippen molar-refractivity contribution in [1.82, 2.24) is 14.5 Å². The zero-order valence-electron chi connectivity index (χ0n) is 24.8. The lowest BCUT2D eigenvalue weighted by molar-refractivity contribution is -0.126. The molecule has 0 bridgehead atoms. The van der Waals surface area contributed by atoms with Gasteiger partial charge in [0.05, 0.1) is 21.5 Å². The fourth-order valence-corrected chi connectivity index (χ4v) is 8.55. The van der Waals surface area contributed by atoms with Gasteiger partial charge in [-0.25, -0.2) is 8.42 Å². The van der Waals surface area contributed by atoms with Crippen molar-refractivity contribution < 1.29 is 17.9 Å². The first-order valence-electron chi connectivity index (χ1n) is 15.2. The smallest absolute Gasteiger partial charge is 0.246 e. The first kappa shape index (κ1) is 33.2. The van der Waals surface area contributed by atoms with Crippen LogP contribution in [0.1, 0.15) is 56.9 Å². The summed E-state index contributed by atoms with van der Waals surface area (Å²) in [5, 5.41) is 3.56. The second-order valence-electron chi connectivity index (χ2n) is 12.0. The van der Waals surface area contributed by atoms with Crippen LogP contribution in [0.15, 0.2) is 53.4 Å². The Morgan fingerprint density at radius 2 is 1.76 bits per heavy atom. The highest BCUT2D eigenvalue weighted by Crippen LogP contribution is 2.34. The number of nitrogens with zero attached hydrogens (tertiary/aromatic N) is 2. The minimum absolute atomic E-state index is 0.0747. The number of carbonyl (C=O) groups excluding carboxylic acids is 1. The van der Waals surface area contributed by atoms with Crippen molar-refractivity contribution in [2.24, 2.45) is 11.8 Å². The number of hydrogen-bond acceptors (Lipinski definition) is 5. The molecule has 1 amide bonds. The minimum Gasteiger partial charge on any atom is -0.370 e. The molecule has 1 aliphatic heterocycles. The van der Waals surface area contributed by atoms with Crippen LogP contribution < -0.4 is 5.32 Å². The average Bonchev–Trinajstić information content (AvgIpc) is 2.98. The van der Waals surface area contributed by atoms with Gasteiger partial charge in [0.2, 0.25) is 15.9 Å². The molecule has 4 rings (SSSR count). The normalized spacial score (nSPS) is 22.6. The Kier molecular flexibility index (Phi) is 12.6. The minimum atomic E-state index is -3.75. The molecule has 42 heavy (non-hydrogen) atoms. The van der Waals surface area contributed by atoms with Crippen molar-refractivity contribution in [3.63, 3.8) is 0 Å². The number of benzene rings is 2. The van der Waals surface area contributed by atoms with E-state index in [1.807, 2.05) is 0 Å². The van der Waals surface area contributed by atoms with E-state index >= 15 is 0 Å². The van der Waals surface area contributed by atoms with Crippen LogP contribution in [0.4, 0.5) is 0 Å². The van der Waals surface area contributed by atoms with E-state index in [4.69, 9.17) is 27.9 Å². The topological polar surface area (TPSA) is 79.0 Å². The predicted octanol–water partition coefficient (Wildman–Crippen LogP) is 6.04. The van der Waals surface area contributed by atoms with Gasteiger partial charge in [-0.3, -0.25) is 4.79 Å². The molecule has 2 atom stereocenters. The maximum Gasteiger partial charge on any atom is 0.246 e. The van der Waals surface area contributed by atoms with Gasteiger partial charge < -0.3 is 15.0 Å². The summed E-state index contributed by atoms with van der Waals surface area (Å²) in [4.78, 5) is 15.1. The zero-order chi connectivity index (χ0) is 30.1. The van der Waals surface area contributed by atoms with Crippen LogP contribution in [0.5, 0.6) is 0 Å². The number of amides is 1. The number of carbonyl (C=O) groups is 1. The molecule has 10 heteroatoms. The van der Waals surface area contributed by atoms with Crippen LogP contribution in [0.3, 0.4) is 0 Å². The molecule has 1 heterocycles. The largest absolute Gasteiger partial charge is 0.370 e. The van der Waals surface area contributed by atoms with Gasteiger partial charge in [-0.2, -0.15) is 4.31 Å². The fourth-order valence-electron chi connectivity index (χ4n) is 6.48. The SMILES string of the molecule is CN(C)C(CCc1ccccc1)C1CCC(CNC(=O)COCC2CCCCN2S(=O)(=O)c2ccc(Cl)c(Cl)c2)CC1. The van der Waals surface area contributed by atoms with Crippen LogP contribution in [-0.2, 0) is 26.0 Å². The van der Waals surface area contributed by atoms with Crippen molar-refractivity contribution in [2.45, 2.75) is 74.8 Å². The van der Waals surface area contributed by atoms with E-state index < -0.39 is 10.0 Å². The summed E-state index contributed by atoms with van der Waals surface area (Å²) in [6.07, 6.45) is 9.23. The molecular formula is C32H45Cl2N3O4S. The Morgan fingerprint density at radius 3 is 2.45 bits per heavy atom. The number of nitrogens with one attached hydrogen (secondary N) is 1. The lowest BCUT2D eigenvalue weighted by Crippen LogP contribution is -2.46. The molecular weight excluding hydrogens is 593 g/mol. The third-order valence-corrected chi connectivity index (χ3v) is 11.6. The molecule has 2 fully saturated rings. The number of hydrogen-bond donors (Lipinski definition) is 1. The average molecular weight is 639 g/mol. The summed E-state index contributed by atoms with van der Waals surface area (Å²) in [6, 6.07) is 15.3. The highest BCUT2D eigenvalue weighted by molar-refractivity contribution is 7.89. The summed E-state index contributed by atoms with van der Waals surface area (Å²) in [5.41, 5.74) is 1.40. The molecule has 0 spiro atoms. The van der Waals surface area contributed by atoms with E-state index in [0.29, 0.717) is 42.4 Å². The number of sulfonamides is 1. The van der Waals surface area contributed by atoms with E-state index in [-0.39, 0.29) is 35.1 Å². The third-order valence-electron chi connectivity index (χ3n) is 8.87. The van der Waals surface area contributed by atoms with Gasteiger partial charge in [-0.1, -0.05) is 60.0 Å². The molecule has 2 aromatic carbocycles. The van der Waals surface area contributed by atoms with Crippen LogP contribution in [0, 0.1) is 11.8 Å². The van der Waals surface area contributed by atoms with Crippen LogP contribution >= 0.6 is 23.2 Å². The van der Waals surface area contributed by atoms with E-state index in [9.17, 15) is 13.2 Å². The molecule has 232 valence electrons. The van der Waals surface area contributed by atoms with Gasteiger partial charge in [0.25, 0.3) is 0 Å². The van der Waals surface area contributed by atoms with E-state index in [1.165, 1.54) is 40.9 Å². The summed E-state index contributed by atoms with van der Waals surface area (Å²) in [6.45, 7) is 1.17. The van der Waals surface area contributed by atoms with Gasteiger partial charge >= 0.3 is 0 Å². The summed E-state index contributed by atoms with van der Waals surface area (Å²) in [5.74, 6) is 1.01. The maximum atomic E-state index is 13.3. The summed E-state index contributed by atoms with van der Waals surface area (Å²) >= 11 is 12.1. The highest BCUT2D eigenvalue weighted by Gasteiger charge is 2.34. The van der Waals surface area contributed by atoms with Gasteiger partial charge in [0.15, 0.2) is 0 Å². The van der Waals surface area contributed by atoms with Crippen molar-refractivity contribution in [2.75, 3.05) is 40.4 Å². The number of ether oxygens (including phenoxy) is 1. The van der Waals surface area contributed by atoms with E-state index in [1.54, 1.807) is 0 Å². The monoisotopic (exact) mass is 637 g/mol. The molecule has 1 aliphatic carbocycles. The molecule has 2 aromatic rings. The standard InChI is InChI=1S/C32H45Cl2N3O4S/c1-36(2)31(18-13-24-8-4-3-5-9-24)26-14-11-25(12-15-26)21-35-32(38)23-41-22-27-10-6-7-19-37(27)42(39,40)28-16-17-29(33)30(34)20-28/h3-5,8-9,16-17,20,25-27,31H,6-7,10-15,18-19,21-23H2,1-2H3,(H,35,38). The van der Waals surface area contributed by atoms with Crippen molar-refractivity contribution in [3.05, 3.63) is 64.1 Å². The van der Waals surface area contributed by atoms with Crippen molar-refractivity contribution in [3.8, 4) is 0 Å². The number of piperidine rings is 1. The first-order valence-corrected chi connectivity index (χ1v) is 17.4. The molecule has 0 radical (unpaired) electrons. The molecule has 0 aromatic heterocycles. The molecule has 1 saturated heterocycles. The quantitative estimate of drug-likeness (QED) is 0.290. The Labute approximate surface area is 261 Å². The van der Waals surface area contributed by atoms with Crippen LogP contribution in [-0.4, -0.2) is 76.0 Å². The van der Waals surface area contributed by atoms with Gasteiger partial charge in [0, 0.05) is 25.2 Å². The highest BCUT2D eigenvalue weighted by atomic mass is 35.5. The van der Waals surface area contributed by atoms with Crippen molar-refractivity contribution >= 4 is 39.1 Å². The predicted molar refractivity (Wildman–Crippen MR) is 170 cm³/mol. The Bertz CT molecular complexity index is 1250. The first-order chi connectivity index (χ1) is 20.1. The van der Waals surface area contributed by atoms with E-state index in [0.717, 1.165) is 38.5 Å². The number of halogens is 2. The van der Waals surface area contributed by atoms with Gasteiger partial charge in [-0.05, 0) is 101 Å². The Balaban J connectivity index is 1.18. The summed E-state index contributed by atoms with van der Waals surface area (Å²) in [7, 11) is 0.630. The Hall–Kier alpha value is -1.68. The van der Waals surface area contributed by atoms with Crippen LogP contribution in [0.25, 0.3) is 0 Å². The second kappa shape index (κ2) is 15.9. The fraction of sp³-hybridized carbons (Fsp3) is 0.594. The second-order valence-corrected chi connectivity index (χ2v) is 14.7. The molecule has 2 aliphatic rings. The molecule has 1 N–H and O–H groups in total. The number of aryl methyl sites for hydroxylation is 1. The zero-order valence-corrected chi connectivity index (χ0v) is 27.1. The molecule has 7 nitrogen and oxygen atoms in total. The molecule has 1 saturated carbocycles. The van der Waals surface area contributed by atoms with Crippen LogP contribution in [0.2, 0.25) is 10.0 Å². The summed E-state index contributed by atoms with van der Waals surface area (Å²) < 4.78 is 33.9. The Morgan fingerprint density at radius 1 is 1.02 bits per heavy atom. The maximum absolute atomic E-state index is 13.3. The van der Waals surface area contributed by atoms with Gasteiger partial charge in [0.1, 0.15) is 6.61 Å². The molecule has 2 unspecified atom stereocenters. The third kappa shape index (κ3) is 9.16. The van der Waals surface area contributed by atoms with E-state index in [2.05, 4.69) is 54.6 Å². The lowest BCUT2D eigenvalue weighted by Gasteiger charge is -2.37. The van der Waals surface area contributed by atoms with Crippen molar-refractivity contribution in [1.29, 1.82) is 0 Å². The lowest BCUT2D eigenvalue weighted by atomic mass is 9.76.